The molecule has 0 amide bonds. The average molecular weight is 296 g/mol. The van der Waals surface area contributed by atoms with Gasteiger partial charge in [-0.2, -0.15) is 13.2 Å². The van der Waals surface area contributed by atoms with Gasteiger partial charge < -0.3 is 10.0 Å². The second-order valence-corrected chi connectivity index (χ2v) is 4.78. The monoisotopic (exact) mass is 295 g/mol. The molecular weight excluding hydrogens is 283 g/mol. The number of aliphatic hydroxyl groups is 1. The van der Waals surface area contributed by atoms with Crippen molar-refractivity contribution in [2.24, 2.45) is 0 Å². The molecule has 1 N–H and O–H groups in total. The van der Waals surface area contributed by atoms with Gasteiger partial charge in [-0.15, -0.1) is 0 Å². The summed E-state index contributed by atoms with van der Waals surface area (Å²) in [6.45, 7) is 0.429. The van der Waals surface area contributed by atoms with E-state index in [1.54, 1.807) is 4.90 Å². The maximum atomic E-state index is 12.6. The molecule has 0 aromatic carbocycles. The van der Waals surface area contributed by atoms with Gasteiger partial charge in [-0.1, -0.05) is 11.6 Å². The molecule has 1 aliphatic rings. The van der Waals surface area contributed by atoms with Crippen LogP contribution in [0.3, 0.4) is 0 Å². The third-order valence-corrected chi connectivity index (χ3v) is 3.26. The Hall–Kier alpha value is -1.08. The van der Waals surface area contributed by atoms with Crippen LogP contribution in [0.4, 0.5) is 19.0 Å². The summed E-state index contributed by atoms with van der Waals surface area (Å²) in [6, 6.07) is 1.07. The Labute approximate surface area is 113 Å². The second-order valence-electron chi connectivity index (χ2n) is 4.40. The first-order chi connectivity index (χ1) is 8.91. The predicted octanol–water partition coefficient (Wildman–Crippen LogP) is 2.50. The van der Waals surface area contributed by atoms with E-state index in [2.05, 4.69) is 9.97 Å². The number of hydrogen-bond donors (Lipinski definition) is 1. The Balaban J connectivity index is 2.35. The summed E-state index contributed by atoms with van der Waals surface area (Å²) in [6.07, 6.45) is -2.13. The van der Waals surface area contributed by atoms with Crippen molar-refractivity contribution in [3.05, 3.63) is 17.0 Å². The lowest BCUT2D eigenvalue weighted by Gasteiger charge is -2.35. The highest BCUT2D eigenvalue weighted by Gasteiger charge is 2.36. The van der Waals surface area contributed by atoms with Crippen LogP contribution in [-0.2, 0) is 6.18 Å². The van der Waals surface area contributed by atoms with E-state index in [1.165, 1.54) is 6.07 Å². The molecule has 1 saturated heterocycles. The number of alkyl halides is 3. The number of aromatic nitrogens is 2. The smallest absolute Gasteiger partial charge is 0.394 e. The zero-order valence-corrected chi connectivity index (χ0v) is 10.7. The first-order valence-electron chi connectivity index (χ1n) is 5.91. The fraction of sp³-hybridized carbons (Fsp3) is 0.636. The first-order valence-corrected chi connectivity index (χ1v) is 6.29. The molecule has 2 heterocycles. The number of aliphatic hydroxyl groups excluding tert-OH is 1. The van der Waals surface area contributed by atoms with Gasteiger partial charge in [0, 0.05) is 12.6 Å². The van der Waals surface area contributed by atoms with Gasteiger partial charge in [0.1, 0.15) is 11.0 Å². The molecule has 1 atom stereocenters. The summed E-state index contributed by atoms with van der Waals surface area (Å²) < 4.78 is 37.9. The van der Waals surface area contributed by atoms with E-state index in [1.807, 2.05) is 0 Å². The number of anilines is 1. The SMILES string of the molecule is OCC1CCCCN1c1cc(Cl)nc(C(F)(F)F)n1. The van der Waals surface area contributed by atoms with Crippen LogP contribution in [-0.4, -0.2) is 34.3 Å². The van der Waals surface area contributed by atoms with Gasteiger partial charge in [0.05, 0.1) is 12.6 Å². The lowest BCUT2D eigenvalue weighted by molar-refractivity contribution is -0.144. The molecule has 106 valence electrons. The normalized spacial score (nSPS) is 20.7. The molecule has 0 spiro atoms. The molecule has 0 saturated carbocycles. The van der Waals surface area contributed by atoms with Crippen molar-refractivity contribution < 1.29 is 18.3 Å². The minimum absolute atomic E-state index is 0.117. The minimum Gasteiger partial charge on any atom is -0.394 e. The molecule has 1 aromatic rings. The van der Waals surface area contributed by atoms with Gasteiger partial charge in [0.15, 0.2) is 0 Å². The van der Waals surface area contributed by atoms with E-state index < -0.39 is 12.0 Å². The summed E-state index contributed by atoms with van der Waals surface area (Å²) in [7, 11) is 0. The maximum absolute atomic E-state index is 12.6. The maximum Gasteiger partial charge on any atom is 0.451 e. The van der Waals surface area contributed by atoms with E-state index in [4.69, 9.17) is 11.6 Å². The number of rotatable bonds is 2. The van der Waals surface area contributed by atoms with Crippen LogP contribution in [0.15, 0.2) is 6.07 Å². The van der Waals surface area contributed by atoms with Gasteiger partial charge >= 0.3 is 6.18 Å². The van der Waals surface area contributed by atoms with Crippen molar-refractivity contribution in [1.29, 1.82) is 0 Å². The lowest BCUT2D eigenvalue weighted by Crippen LogP contribution is -2.42. The highest BCUT2D eigenvalue weighted by atomic mass is 35.5. The third-order valence-electron chi connectivity index (χ3n) is 3.07. The van der Waals surface area contributed by atoms with Crippen LogP contribution in [0.2, 0.25) is 5.15 Å². The van der Waals surface area contributed by atoms with Crippen molar-refractivity contribution in [2.75, 3.05) is 18.1 Å². The zero-order valence-electron chi connectivity index (χ0n) is 9.99. The highest BCUT2D eigenvalue weighted by molar-refractivity contribution is 6.29. The van der Waals surface area contributed by atoms with E-state index in [9.17, 15) is 18.3 Å². The molecule has 0 radical (unpaired) electrons. The third kappa shape index (κ3) is 3.27. The van der Waals surface area contributed by atoms with Crippen LogP contribution in [0.5, 0.6) is 0 Å². The second kappa shape index (κ2) is 5.50. The summed E-state index contributed by atoms with van der Waals surface area (Å²) in [5.41, 5.74) is 0. The molecule has 1 fully saturated rings. The van der Waals surface area contributed by atoms with E-state index in [0.29, 0.717) is 6.54 Å². The number of halogens is 4. The minimum atomic E-state index is -4.63. The van der Waals surface area contributed by atoms with Crippen LogP contribution >= 0.6 is 11.6 Å². The number of nitrogens with zero attached hydrogens (tertiary/aromatic N) is 3. The Morgan fingerprint density at radius 3 is 2.74 bits per heavy atom. The van der Waals surface area contributed by atoms with E-state index in [0.717, 1.165) is 19.3 Å². The Morgan fingerprint density at radius 1 is 1.37 bits per heavy atom. The topological polar surface area (TPSA) is 49.2 Å². The fourth-order valence-electron chi connectivity index (χ4n) is 2.17. The zero-order chi connectivity index (χ0) is 14.0. The predicted molar refractivity (Wildman–Crippen MR) is 64.1 cm³/mol. The Kier molecular flexibility index (Phi) is 4.15. The van der Waals surface area contributed by atoms with Gasteiger partial charge in [0.2, 0.25) is 5.82 Å². The van der Waals surface area contributed by atoms with Crippen LogP contribution in [0.25, 0.3) is 0 Å². The van der Waals surface area contributed by atoms with Gasteiger partial charge in [0.25, 0.3) is 0 Å². The fourth-order valence-corrected chi connectivity index (χ4v) is 2.35. The molecule has 1 aromatic heterocycles. The molecule has 19 heavy (non-hydrogen) atoms. The molecule has 1 aliphatic heterocycles. The number of piperidine rings is 1. The Bertz CT molecular complexity index is 455. The summed E-state index contributed by atoms with van der Waals surface area (Å²) in [5, 5.41) is 9.03. The highest BCUT2D eigenvalue weighted by Crippen LogP contribution is 2.31. The molecule has 1 unspecified atom stereocenters. The largest absolute Gasteiger partial charge is 0.451 e. The molecule has 0 bridgehead atoms. The van der Waals surface area contributed by atoms with E-state index >= 15 is 0 Å². The van der Waals surface area contributed by atoms with E-state index in [-0.39, 0.29) is 23.6 Å². The quantitative estimate of drug-likeness (QED) is 0.852. The van der Waals surface area contributed by atoms with Crippen molar-refractivity contribution in [3.63, 3.8) is 0 Å². The molecular formula is C11H13ClF3N3O. The van der Waals surface area contributed by atoms with Crippen LogP contribution in [0, 0.1) is 0 Å². The first kappa shape index (κ1) is 14.3. The molecule has 8 heteroatoms. The van der Waals surface area contributed by atoms with Crippen LogP contribution in [0.1, 0.15) is 25.1 Å². The van der Waals surface area contributed by atoms with Gasteiger partial charge in [-0.3, -0.25) is 0 Å². The standard InChI is InChI=1S/C11H13ClF3N3O/c12-8-5-9(17-10(16-8)11(13,14)15)18-4-2-1-3-7(18)6-19/h5,7,19H,1-4,6H2. The summed E-state index contributed by atoms with van der Waals surface area (Å²) in [5.74, 6) is -1.14. The van der Waals surface area contributed by atoms with Crippen LogP contribution < -0.4 is 4.90 Å². The van der Waals surface area contributed by atoms with Crippen molar-refractivity contribution in [2.45, 2.75) is 31.5 Å². The molecule has 4 nitrogen and oxygen atoms in total. The summed E-state index contributed by atoms with van der Waals surface area (Å²) >= 11 is 5.63. The number of hydrogen-bond acceptors (Lipinski definition) is 4. The van der Waals surface area contributed by atoms with Gasteiger partial charge in [-0.25, -0.2) is 9.97 Å². The van der Waals surface area contributed by atoms with Crippen molar-refractivity contribution in [1.82, 2.24) is 9.97 Å². The molecule has 0 aliphatic carbocycles. The van der Waals surface area contributed by atoms with Crippen molar-refractivity contribution in [3.8, 4) is 0 Å². The average Bonchev–Trinajstić information content (AvgIpc) is 2.37. The lowest BCUT2D eigenvalue weighted by atomic mass is 10.0. The summed E-state index contributed by atoms with van der Waals surface area (Å²) in [4.78, 5) is 8.37. The Morgan fingerprint density at radius 2 is 2.11 bits per heavy atom. The molecule has 2 rings (SSSR count). The van der Waals surface area contributed by atoms with Crippen molar-refractivity contribution >= 4 is 17.4 Å². The van der Waals surface area contributed by atoms with Gasteiger partial charge in [-0.05, 0) is 19.3 Å².